The molecule has 0 unspecified atom stereocenters. The Labute approximate surface area is 167 Å². The van der Waals surface area contributed by atoms with Gasteiger partial charge in [0.2, 0.25) is 15.9 Å². The number of non-ortho nitro benzene ring substituents is 1. The zero-order chi connectivity index (χ0) is 20.3. The number of nitrogens with one attached hydrogen (secondary N) is 1. The third-order valence-corrected chi connectivity index (χ3v) is 6.76. The molecule has 0 radical (unpaired) electrons. The molecule has 1 heterocycles. The lowest BCUT2D eigenvalue weighted by Gasteiger charge is -2.31. The molecule has 1 amide bonds. The molecular formula is C18H18ClN3O5S. The molecule has 0 aromatic heterocycles. The number of nitro groups is 1. The van der Waals surface area contributed by atoms with E-state index in [0.29, 0.717) is 19.4 Å². The maximum Gasteiger partial charge on any atom is 0.271 e. The van der Waals surface area contributed by atoms with E-state index in [1.807, 2.05) is 0 Å². The van der Waals surface area contributed by atoms with E-state index in [0.717, 1.165) is 0 Å². The summed E-state index contributed by atoms with van der Waals surface area (Å²) in [5.74, 6) is -1.00. The Kier molecular flexibility index (Phi) is 5.97. The molecule has 148 valence electrons. The van der Waals surface area contributed by atoms with Crippen LogP contribution in [-0.2, 0) is 14.8 Å². The van der Waals surface area contributed by atoms with Gasteiger partial charge >= 0.3 is 0 Å². The molecule has 1 N–H and O–H groups in total. The van der Waals surface area contributed by atoms with E-state index in [1.54, 1.807) is 18.2 Å². The molecule has 10 heteroatoms. The molecule has 2 aromatic rings. The molecule has 0 bridgehead atoms. The van der Waals surface area contributed by atoms with Crippen LogP contribution in [0.5, 0.6) is 0 Å². The van der Waals surface area contributed by atoms with Gasteiger partial charge in [-0.2, -0.15) is 4.31 Å². The molecule has 1 saturated heterocycles. The van der Waals surface area contributed by atoms with Crippen molar-refractivity contribution in [1.29, 1.82) is 0 Å². The van der Waals surface area contributed by atoms with Gasteiger partial charge in [0.05, 0.1) is 26.4 Å². The number of hydrogen-bond donors (Lipinski definition) is 1. The first-order chi connectivity index (χ1) is 13.3. The van der Waals surface area contributed by atoms with Crippen LogP contribution in [0, 0.1) is 16.0 Å². The summed E-state index contributed by atoms with van der Waals surface area (Å²) < 4.78 is 26.9. The van der Waals surface area contributed by atoms with Crippen molar-refractivity contribution in [3.05, 3.63) is 63.7 Å². The van der Waals surface area contributed by atoms with E-state index < -0.39 is 26.8 Å². The van der Waals surface area contributed by atoms with E-state index in [9.17, 15) is 23.3 Å². The van der Waals surface area contributed by atoms with Crippen LogP contribution in [0.15, 0.2) is 53.4 Å². The van der Waals surface area contributed by atoms with Crippen molar-refractivity contribution in [1.82, 2.24) is 4.31 Å². The normalized spacial score (nSPS) is 17.8. The quantitative estimate of drug-likeness (QED) is 0.586. The van der Waals surface area contributed by atoms with Crippen LogP contribution in [0.3, 0.4) is 0 Å². The molecule has 8 nitrogen and oxygen atoms in total. The standard InChI is InChI=1S/C18H18ClN3O5S/c19-16-9-8-14(22(24)25)11-17(16)20-18(23)13-5-4-10-21(12-13)28(26,27)15-6-2-1-3-7-15/h1-3,6-9,11,13H,4-5,10,12H2,(H,20,23)/t13-/m1/s1. The molecular weight excluding hydrogens is 406 g/mol. The van der Waals surface area contributed by atoms with Gasteiger partial charge in [-0.3, -0.25) is 14.9 Å². The van der Waals surface area contributed by atoms with Gasteiger partial charge in [-0.25, -0.2) is 8.42 Å². The average Bonchev–Trinajstić information content (AvgIpc) is 2.70. The fourth-order valence-electron chi connectivity index (χ4n) is 3.07. The SMILES string of the molecule is O=C(Nc1cc([N+](=O)[O-])ccc1Cl)[C@@H]1CCCN(S(=O)(=O)c2ccccc2)C1. The Hall–Kier alpha value is -2.49. The number of carbonyl (C=O) groups excluding carboxylic acids is 1. The first kappa shape index (κ1) is 20.2. The summed E-state index contributed by atoms with van der Waals surface area (Å²) >= 11 is 6.02. The first-order valence-corrected chi connectivity index (χ1v) is 10.4. The number of piperidine rings is 1. The first-order valence-electron chi connectivity index (χ1n) is 8.59. The molecule has 1 aliphatic rings. The number of rotatable bonds is 5. The van der Waals surface area contributed by atoms with Crippen molar-refractivity contribution in [2.75, 3.05) is 18.4 Å². The highest BCUT2D eigenvalue weighted by Crippen LogP contribution is 2.29. The largest absolute Gasteiger partial charge is 0.324 e. The summed E-state index contributed by atoms with van der Waals surface area (Å²) in [6.45, 7) is 0.369. The summed E-state index contributed by atoms with van der Waals surface area (Å²) in [5, 5.41) is 13.7. The molecule has 0 spiro atoms. The fourth-order valence-corrected chi connectivity index (χ4v) is 4.78. The predicted octanol–water partition coefficient (Wildman–Crippen LogP) is 3.29. The molecule has 3 rings (SSSR count). The Bertz CT molecular complexity index is 998. The van der Waals surface area contributed by atoms with Gasteiger partial charge in [0.1, 0.15) is 0 Å². The second-order valence-electron chi connectivity index (χ2n) is 6.43. The van der Waals surface area contributed by atoms with Crippen molar-refractivity contribution in [3.63, 3.8) is 0 Å². The van der Waals surface area contributed by atoms with Crippen molar-refractivity contribution in [3.8, 4) is 0 Å². The van der Waals surface area contributed by atoms with E-state index in [1.165, 1.54) is 34.6 Å². The van der Waals surface area contributed by atoms with Crippen molar-refractivity contribution in [2.24, 2.45) is 5.92 Å². The highest BCUT2D eigenvalue weighted by molar-refractivity contribution is 7.89. The number of anilines is 1. The second kappa shape index (κ2) is 8.26. The van der Waals surface area contributed by atoms with Crippen LogP contribution in [0.2, 0.25) is 5.02 Å². The van der Waals surface area contributed by atoms with Crippen LogP contribution in [0.4, 0.5) is 11.4 Å². The average molecular weight is 424 g/mol. The maximum atomic E-state index is 12.8. The van der Waals surface area contributed by atoms with E-state index in [4.69, 9.17) is 11.6 Å². The Balaban J connectivity index is 1.75. The summed E-state index contributed by atoms with van der Waals surface area (Å²) in [6, 6.07) is 11.8. The minimum Gasteiger partial charge on any atom is -0.324 e. The molecule has 0 aliphatic carbocycles. The smallest absolute Gasteiger partial charge is 0.271 e. The van der Waals surface area contributed by atoms with Gasteiger partial charge in [0, 0.05) is 25.2 Å². The third-order valence-electron chi connectivity index (χ3n) is 4.55. The molecule has 0 saturated carbocycles. The summed E-state index contributed by atoms with van der Waals surface area (Å²) in [5.41, 5.74) is -0.0690. The minimum absolute atomic E-state index is 0.0373. The third kappa shape index (κ3) is 4.32. The van der Waals surface area contributed by atoms with Gasteiger partial charge in [-0.05, 0) is 31.0 Å². The number of carbonyl (C=O) groups is 1. The van der Waals surface area contributed by atoms with E-state index in [-0.39, 0.29) is 27.8 Å². The van der Waals surface area contributed by atoms with Crippen LogP contribution in [-0.4, -0.2) is 36.6 Å². The number of amides is 1. The second-order valence-corrected chi connectivity index (χ2v) is 8.77. The van der Waals surface area contributed by atoms with Gasteiger partial charge in [0.15, 0.2) is 0 Å². The number of nitro benzene ring substituents is 1. The lowest BCUT2D eigenvalue weighted by molar-refractivity contribution is -0.384. The maximum absolute atomic E-state index is 12.8. The molecule has 1 aliphatic heterocycles. The number of benzene rings is 2. The van der Waals surface area contributed by atoms with Gasteiger partial charge in [-0.1, -0.05) is 29.8 Å². The summed E-state index contributed by atoms with van der Waals surface area (Å²) in [4.78, 5) is 23.2. The molecule has 2 aromatic carbocycles. The van der Waals surface area contributed by atoms with E-state index >= 15 is 0 Å². The Morgan fingerprint density at radius 3 is 2.61 bits per heavy atom. The molecule has 1 atom stereocenters. The van der Waals surface area contributed by atoms with Crippen molar-refractivity contribution < 1.29 is 18.1 Å². The van der Waals surface area contributed by atoms with E-state index in [2.05, 4.69) is 5.32 Å². The number of nitrogens with zero attached hydrogens (tertiary/aromatic N) is 2. The number of sulfonamides is 1. The molecule has 1 fully saturated rings. The fraction of sp³-hybridized carbons (Fsp3) is 0.278. The highest BCUT2D eigenvalue weighted by atomic mass is 35.5. The zero-order valence-corrected chi connectivity index (χ0v) is 16.3. The lowest BCUT2D eigenvalue weighted by atomic mass is 9.98. The Morgan fingerprint density at radius 2 is 1.93 bits per heavy atom. The summed E-state index contributed by atoms with van der Waals surface area (Å²) in [6.07, 6.45) is 1.05. The van der Waals surface area contributed by atoms with Crippen molar-refractivity contribution in [2.45, 2.75) is 17.7 Å². The number of halogens is 1. The van der Waals surface area contributed by atoms with Crippen LogP contribution in [0.25, 0.3) is 0 Å². The lowest BCUT2D eigenvalue weighted by Crippen LogP contribution is -2.43. The zero-order valence-electron chi connectivity index (χ0n) is 14.7. The summed E-state index contributed by atoms with van der Waals surface area (Å²) in [7, 11) is -3.69. The van der Waals surface area contributed by atoms with Crippen molar-refractivity contribution >= 4 is 38.9 Å². The van der Waals surface area contributed by atoms with Gasteiger partial charge < -0.3 is 5.32 Å². The monoisotopic (exact) mass is 423 g/mol. The minimum atomic E-state index is -3.69. The molecule has 28 heavy (non-hydrogen) atoms. The van der Waals surface area contributed by atoms with Crippen LogP contribution >= 0.6 is 11.6 Å². The van der Waals surface area contributed by atoms with Crippen LogP contribution < -0.4 is 5.32 Å². The Morgan fingerprint density at radius 1 is 1.21 bits per heavy atom. The van der Waals surface area contributed by atoms with Gasteiger partial charge in [0.25, 0.3) is 5.69 Å². The van der Waals surface area contributed by atoms with Crippen LogP contribution in [0.1, 0.15) is 12.8 Å². The number of hydrogen-bond acceptors (Lipinski definition) is 5. The van der Waals surface area contributed by atoms with Gasteiger partial charge in [-0.15, -0.1) is 0 Å². The predicted molar refractivity (Wildman–Crippen MR) is 105 cm³/mol. The topological polar surface area (TPSA) is 110 Å². The highest BCUT2D eigenvalue weighted by Gasteiger charge is 2.33.